The van der Waals surface area contributed by atoms with E-state index in [9.17, 15) is 0 Å². The van der Waals surface area contributed by atoms with Crippen molar-refractivity contribution in [1.82, 2.24) is 9.78 Å². The molecule has 0 aliphatic carbocycles. The molecule has 0 unspecified atom stereocenters. The lowest BCUT2D eigenvalue weighted by atomic mass is 10.0. The third kappa shape index (κ3) is 2.11. The molecule has 0 spiro atoms. The SMILES string of the molecule is COc1c(C)cc(-c2nn(C)cc2CN)cc1C. The molecule has 0 amide bonds. The second-order valence-electron chi connectivity index (χ2n) is 4.52. The van der Waals surface area contributed by atoms with Crippen molar-refractivity contribution in [1.29, 1.82) is 0 Å². The van der Waals surface area contributed by atoms with Gasteiger partial charge in [-0.05, 0) is 37.1 Å². The van der Waals surface area contributed by atoms with Crippen LogP contribution in [0, 0.1) is 13.8 Å². The fourth-order valence-corrected chi connectivity index (χ4v) is 2.34. The van der Waals surface area contributed by atoms with Crippen LogP contribution in [-0.2, 0) is 13.6 Å². The van der Waals surface area contributed by atoms with Crippen molar-refractivity contribution in [3.63, 3.8) is 0 Å². The van der Waals surface area contributed by atoms with Gasteiger partial charge in [0.1, 0.15) is 5.75 Å². The molecular formula is C14H19N3O. The van der Waals surface area contributed by atoms with Crippen LogP contribution in [-0.4, -0.2) is 16.9 Å². The van der Waals surface area contributed by atoms with E-state index < -0.39 is 0 Å². The van der Waals surface area contributed by atoms with Crippen molar-refractivity contribution in [2.45, 2.75) is 20.4 Å². The Bertz CT molecular complexity index is 549. The molecular weight excluding hydrogens is 226 g/mol. The van der Waals surface area contributed by atoms with Gasteiger partial charge >= 0.3 is 0 Å². The van der Waals surface area contributed by atoms with Crippen molar-refractivity contribution in [2.75, 3.05) is 7.11 Å². The van der Waals surface area contributed by atoms with E-state index in [0.717, 1.165) is 33.7 Å². The standard InChI is InChI=1S/C14H19N3O/c1-9-5-11(6-10(2)14(9)18-4)13-12(7-15)8-17(3)16-13/h5-6,8H,7,15H2,1-4H3. The minimum Gasteiger partial charge on any atom is -0.496 e. The van der Waals surface area contributed by atoms with Crippen LogP contribution in [0.1, 0.15) is 16.7 Å². The Kier molecular flexibility index (Phi) is 3.39. The molecule has 2 N–H and O–H groups in total. The Labute approximate surface area is 107 Å². The highest BCUT2D eigenvalue weighted by Gasteiger charge is 2.12. The predicted octanol–water partition coefficient (Wildman–Crippen LogP) is 2.17. The van der Waals surface area contributed by atoms with Gasteiger partial charge in [-0.1, -0.05) is 0 Å². The number of nitrogens with two attached hydrogens (primary N) is 1. The van der Waals surface area contributed by atoms with Gasteiger partial charge in [-0.3, -0.25) is 4.68 Å². The van der Waals surface area contributed by atoms with Crippen molar-refractivity contribution in [3.8, 4) is 17.0 Å². The highest BCUT2D eigenvalue weighted by Crippen LogP contribution is 2.30. The molecule has 0 aliphatic heterocycles. The average molecular weight is 245 g/mol. The van der Waals surface area contributed by atoms with Crippen LogP contribution in [0.2, 0.25) is 0 Å². The normalized spacial score (nSPS) is 10.7. The molecule has 1 aromatic heterocycles. The number of hydrogen-bond acceptors (Lipinski definition) is 3. The Morgan fingerprint density at radius 3 is 2.39 bits per heavy atom. The molecule has 4 nitrogen and oxygen atoms in total. The molecule has 1 heterocycles. The maximum Gasteiger partial charge on any atom is 0.124 e. The van der Waals surface area contributed by atoms with Crippen LogP contribution in [0.3, 0.4) is 0 Å². The van der Waals surface area contributed by atoms with Crippen LogP contribution < -0.4 is 10.5 Å². The number of aromatic nitrogens is 2. The Hall–Kier alpha value is -1.81. The van der Waals surface area contributed by atoms with Crippen LogP contribution in [0.15, 0.2) is 18.3 Å². The number of ether oxygens (including phenoxy) is 1. The van der Waals surface area contributed by atoms with Crippen molar-refractivity contribution >= 4 is 0 Å². The molecule has 0 saturated heterocycles. The lowest BCUT2D eigenvalue weighted by Crippen LogP contribution is -1.98. The summed E-state index contributed by atoms with van der Waals surface area (Å²) in [5, 5.41) is 4.49. The highest BCUT2D eigenvalue weighted by molar-refractivity contribution is 5.66. The first kappa shape index (κ1) is 12.6. The first-order valence-corrected chi connectivity index (χ1v) is 5.95. The highest BCUT2D eigenvalue weighted by atomic mass is 16.5. The van der Waals surface area contributed by atoms with Gasteiger partial charge in [-0.15, -0.1) is 0 Å². The molecule has 1 aromatic carbocycles. The van der Waals surface area contributed by atoms with E-state index in [1.54, 1.807) is 11.8 Å². The lowest BCUT2D eigenvalue weighted by Gasteiger charge is -2.10. The van der Waals surface area contributed by atoms with Crippen molar-refractivity contribution in [3.05, 3.63) is 35.0 Å². The second-order valence-corrected chi connectivity index (χ2v) is 4.52. The van der Waals surface area contributed by atoms with Crippen molar-refractivity contribution < 1.29 is 4.74 Å². The van der Waals surface area contributed by atoms with Gasteiger partial charge in [0.2, 0.25) is 0 Å². The molecule has 0 aliphatic rings. The summed E-state index contributed by atoms with van der Waals surface area (Å²) in [6.07, 6.45) is 1.96. The van der Waals surface area contributed by atoms with Gasteiger partial charge < -0.3 is 10.5 Å². The van der Waals surface area contributed by atoms with Gasteiger partial charge in [-0.2, -0.15) is 5.10 Å². The summed E-state index contributed by atoms with van der Waals surface area (Å²) in [6.45, 7) is 4.58. The number of aryl methyl sites for hydroxylation is 3. The molecule has 0 fully saturated rings. The number of benzene rings is 1. The van der Waals surface area contributed by atoms with E-state index in [-0.39, 0.29) is 0 Å². The van der Waals surface area contributed by atoms with Crippen molar-refractivity contribution in [2.24, 2.45) is 12.8 Å². The Morgan fingerprint density at radius 1 is 1.28 bits per heavy atom. The molecule has 96 valence electrons. The number of nitrogens with zero attached hydrogens (tertiary/aromatic N) is 2. The van der Waals surface area contributed by atoms with E-state index in [0.29, 0.717) is 6.54 Å². The second kappa shape index (κ2) is 4.82. The van der Waals surface area contributed by atoms with E-state index in [4.69, 9.17) is 10.5 Å². The summed E-state index contributed by atoms with van der Waals surface area (Å²) in [6, 6.07) is 4.18. The third-order valence-electron chi connectivity index (χ3n) is 3.06. The minimum absolute atomic E-state index is 0.493. The maximum absolute atomic E-state index is 5.76. The summed E-state index contributed by atoms with van der Waals surface area (Å²) in [5.74, 6) is 0.934. The van der Waals surface area contributed by atoms with Gasteiger partial charge in [0.25, 0.3) is 0 Å². The van der Waals surface area contributed by atoms with Gasteiger partial charge in [0.15, 0.2) is 0 Å². The molecule has 0 radical (unpaired) electrons. The third-order valence-corrected chi connectivity index (χ3v) is 3.06. The number of rotatable bonds is 3. The molecule has 4 heteroatoms. The molecule has 0 bridgehead atoms. The van der Waals surface area contributed by atoms with Crippen LogP contribution in [0.25, 0.3) is 11.3 Å². The average Bonchev–Trinajstić information content (AvgIpc) is 2.70. The molecule has 0 saturated carbocycles. The van der Waals surface area contributed by atoms with Gasteiger partial charge in [-0.25, -0.2) is 0 Å². The topological polar surface area (TPSA) is 53.1 Å². The summed E-state index contributed by atoms with van der Waals surface area (Å²) >= 11 is 0. The summed E-state index contributed by atoms with van der Waals surface area (Å²) in [5.41, 5.74) is 11.1. The van der Waals surface area contributed by atoms with Crippen LogP contribution >= 0.6 is 0 Å². The first-order valence-electron chi connectivity index (χ1n) is 5.95. The minimum atomic E-state index is 0.493. The zero-order valence-electron chi connectivity index (χ0n) is 11.3. The predicted molar refractivity (Wildman–Crippen MR) is 72.6 cm³/mol. The van der Waals surface area contributed by atoms with E-state index in [1.165, 1.54) is 0 Å². The van der Waals surface area contributed by atoms with Gasteiger partial charge in [0.05, 0.1) is 12.8 Å². The largest absolute Gasteiger partial charge is 0.496 e. The van der Waals surface area contributed by atoms with E-state index in [1.807, 2.05) is 27.1 Å². The first-order chi connectivity index (χ1) is 8.56. The monoisotopic (exact) mass is 245 g/mol. The number of hydrogen-bond donors (Lipinski definition) is 1. The summed E-state index contributed by atoms with van der Waals surface area (Å²) in [4.78, 5) is 0. The molecule has 18 heavy (non-hydrogen) atoms. The van der Waals surface area contributed by atoms with E-state index >= 15 is 0 Å². The van der Waals surface area contributed by atoms with Crippen LogP contribution in [0.5, 0.6) is 5.75 Å². The Morgan fingerprint density at radius 2 is 1.89 bits per heavy atom. The van der Waals surface area contributed by atoms with Crippen LogP contribution in [0.4, 0.5) is 0 Å². The zero-order chi connectivity index (χ0) is 13.3. The smallest absolute Gasteiger partial charge is 0.124 e. The zero-order valence-corrected chi connectivity index (χ0v) is 11.3. The maximum atomic E-state index is 5.76. The fraction of sp³-hybridized carbons (Fsp3) is 0.357. The lowest BCUT2D eigenvalue weighted by molar-refractivity contribution is 0.408. The van der Waals surface area contributed by atoms with E-state index in [2.05, 4.69) is 17.2 Å². The molecule has 0 atom stereocenters. The summed E-state index contributed by atoms with van der Waals surface area (Å²) < 4.78 is 7.18. The summed E-state index contributed by atoms with van der Waals surface area (Å²) in [7, 11) is 3.60. The Balaban J connectivity index is 2.57. The molecule has 2 aromatic rings. The van der Waals surface area contributed by atoms with Gasteiger partial charge in [0, 0.05) is 30.9 Å². The quantitative estimate of drug-likeness (QED) is 0.901. The fourth-order valence-electron chi connectivity index (χ4n) is 2.34. The molecule has 2 rings (SSSR count). The number of methoxy groups -OCH3 is 1.